The molecule has 0 aliphatic rings. The van der Waals surface area contributed by atoms with Crippen molar-refractivity contribution in [2.75, 3.05) is 17.2 Å². The van der Waals surface area contributed by atoms with E-state index >= 15 is 0 Å². The Morgan fingerprint density at radius 3 is 2.16 bits per heavy atom. The number of nitrogen functional groups attached to an aromatic ring is 1. The quantitative estimate of drug-likeness (QED) is 0.850. The van der Waals surface area contributed by atoms with E-state index < -0.39 is 0 Å². The molecule has 0 fully saturated rings. The molecule has 0 saturated heterocycles. The number of nitrogens with two attached hydrogens (primary N) is 1. The van der Waals surface area contributed by atoms with Crippen molar-refractivity contribution < 1.29 is 4.74 Å². The largest absolute Gasteiger partial charge is 0.461 e. The van der Waals surface area contributed by atoms with Crippen LogP contribution in [0.4, 0.5) is 11.9 Å². The first-order chi connectivity index (χ1) is 8.79. The van der Waals surface area contributed by atoms with Gasteiger partial charge in [0.2, 0.25) is 11.9 Å². The molecule has 0 atom stereocenters. The van der Waals surface area contributed by atoms with Crippen LogP contribution in [0.2, 0.25) is 0 Å². The second-order valence-corrected chi connectivity index (χ2v) is 5.58. The van der Waals surface area contributed by atoms with Gasteiger partial charge >= 0.3 is 6.01 Å². The Bertz CT molecular complexity index is 406. The molecule has 0 saturated carbocycles. The smallest absolute Gasteiger partial charge is 0.323 e. The van der Waals surface area contributed by atoms with Crippen LogP contribution in [0.25, 0.3) is 0 Å². The Labute approximate surface area is 115 Å². The summed E-state index contributed by atoms with van der Waals surface area (Å²) in [6.07, 6.45) is 0.00671. The maximum Gasteiger partial charge on any atom is 0.323 e. The van der Waals surface area contributed by atoms with Gasteiger partial charge in [0.25, 0.3) is 0 Å². The van der Waals surface area contributed by atoms with Gasteiger partial charge in [-0.1, -0.05) is 13.8 Å². The Morgan fingerprint density at radius 2 is 1.68 bits per heavy atom. The average Bonchev–Trinajstić information content (AvgIpc) is 2.23. The minimum atomic E-state index is 0.00671. The van der Waals surface area contributed by atoms with Crippen LogP contribution in [0.5, 0.6) is 6.01 Å². The third-order valence-electron chi connectivity index (χ3n) is 2.40. The van der Waals surface area contributed by atoms with Crippen molar-refractivity contribution >= 4 is 11.9 Å². The van der Waals surface area contributed by atoms with Crippen molar-refractivity contribution in [3.8, 4) is 6.01 Å². The highest BCUT2D eigenvalue weighted by atomic mass is 16.5. The molecule has 19 heavy (non-hydrogen) atoms. The van der Waals surface area contributed by atoms with Gasteiger partial charge in [-0.15, -0.1) is 0 Å². The van der Waals surface area contributed by atoms with Crippen molar-refractivity contribution in [2.45, 2.75) is 53.7 Å². The van der Waals surface area contributed by atoms with E-state index in [0.717, 1.165) is 6.54 Å². The minimum Gasteiger partial charge on any atom is -0.461 e. The van der Waals surface area contributed by atoms with Crippen molar-refractivity contribution in [3.63, 3.8) is 0 Å². The molecule has 1 heterocycles. The SMILES string of the molecule is CC(C)CN(c1nc(N)nc(OC(C)C)n1)C(C)C. The Balaban J connectivity index is 3.05. The minimum absolute atomic E-state index is 0.00671. The molecule has 1 aromatic heterocycles. The van der Waals surface area contributed by atoms with Crippen LogP contribution in [0.1, 0.15) is 41.5 Å². The zero-order valence-electron chi connectivity index (χ0n) is 12.7. The van der Waals surface area contributed by atoms with E-state index in [0.29, 0.717) is 11.9 Å². The maximum atomic E-state index is 5.74. The molecule has 0 aromatic carbocycles. The lowest BCUT2D eigenvalue weighted by molar-refractivity contribution is 0.222. The fourth-order valence-electron chi connectivity index (χ4n) is 1.67. The summed E-state index contributed by atoms with van der Waals surface area (Å²) in [4.78, 5) is 14.7. The second kappa shape index (κ2) is 6.54. The highest BCUT2D eigenvalue weighted by molar-refractivity contribution is 5.37. The van der Waals surface area contributed by atoms with Crippen LogP contribution in [-0.4, -0.2) is 33.6 Å². The summed E-state index contributed by atoms with van der Waals surface area (Å²) in [5.74, 6) is 1.27. The lowest BCUT2D eigenvalue weighted by Gasteiger charge is -2.28. The van der Waals surface area contributed by atoms with Gasteiger partial charge in [0, 0.05) is 12.6 Å². The van der Waals surface area contributed by atoms with Gasteiger partial charge in [-0.3, -0.25) is 0 Å². The number of anilines is 2. The summed E-state index contributed by atoms with van der Waals surface area (Å²) in [6.45, 7) is 13.2. The Hall–Kier alpha value is -1.59. The standard InChI is InChI=1S/C13H25N5O/c1-8(2)7-18(9(3)4)12-15-11(14)16-13(17-12)19-10(5)6/h8-10H,7H2,1-6H3,(H2,14,15,16,17). The fraction of sp³-hybridized carbons (Fsp3) is 0.769. The predicted octanol–water partition coefficient (Wildman–Crippen LogP) is 2.11. The molecule has 1 rings (SSSR count). The van der Waals surface area contributed by atoms with Crippen molar-refractivity contribution in [1.29, 1.82) is 0 Å². The fourth-order valence-corrected chi connectivity index (χ4v) is 1.67. The number of hydrogen-bond donors (Lipinski definition) is 1. The first-order valence-electron chi connectivity index (χ1n) is 6.74. The lowest BCUT2D eigenvalue weighted by atomic mass is 10.2. The van der Waals surface area contributed by atoms with Crippen LogP contribution in [0.15, 0.2) is 0 Å². The molecule has 0 amide bonds. The molecule has 0 aliphatic carbocycles. The van der Waals surface area contributed by atoms with E-state index in [9.17, 15) is 0 Å². The second-order valence-electron chi connectivity index (χ2n) is 5.58. The summed E-state index contributed by atoms with van der Waals surface area (Å²) in [7, 11) is 0. The summed E-state index contributed by atoms with van der Waals surface area (Å²) < 4.78 is 5.50. The van der Waals surface area contributed by atoms with Crippen LogP contribution >= 0.6 is 0 Å². The van der Waals surface area contributed by atoms with Crippen LogP contribution in [-0.2, 0) is 0 Å². The molecular weight excluding hydrogens is 242 g/mol. The number of rotatable bonds is 6. The van der Waals surface area contributed by atoms with Crippen LogP contribution in [0, 0.1) is 5.92 Å². The van der Waals surface area contributed by atoms with E-state index in [1.165, 1.54) is 0 Å². The zero-order valence-corrected chi connectivity index (χ0v) is 12.7. The number of hydrogen-bond acceptors (Lipinski definition) is 6. The van der Waals surface area contributed by atoms with E-state index in [1.54, 1.807) is 0 Å². The summed E-state index contributed by atoms with van der Waals surface area (Å²) >= 11 is 0. The maximum absolute atomic E-state index is 5.74. The van der Waals surface area contributed by atoms with Crippen molar-refractivity contribution in [1.82, 2.24) is 15.0 Å². The van der Waals surface area contributed by atoms with E-state index in [1.807, 2.05) is 13.8 Å². The summed E-state index contributed by atoms with van der Waals surface area (Å²) in [5.41, 5.74) is 5.74. The average molecular weight is 267 g/mol. The van der Waals surface area contributed by atoms with Gasteiger partial charge in [-0.25, -0.2) is 0 Å². The van der Waals surface area contributed by atoms with Gasteiger partial charge in [-0.2, -0.15) is 15.0 Å². The summed E-state index contributed by atoms with van der Waals surface area (Å²) in [6, 6.07) is 0.572. The number of ether oxygens (including phenoxy) is 1. The molecule has 0 aliphatic heterocycles. The van der Waals surface area contributed by atoms with Gasteiger partial charge in [0.1, 0.15) is 0 Å². The Morgan fingerprint density at radius 1 is 1.05 bits per heavy atom. The number of nitrogens with zero attached hydrogens (tertiary/aromatic N) is 4. The number of aromatic nitrogens is 3. The van der Waals surface area contributed by atoms with Gasteiger partial charge < -0.3 is 15.4 Å². The molecule has 6 nitrogen and oxygen atoms in total. The Kier molecular flexibility index (Phi) is 5.32. The molecule has 0 unspecified atom stereocenters. The molecule has 1 aromatic rings. The monoisotopic (exact) mass is 267 g/mol. The third kappa shape index (κ3) is 4.89. The highest BCUT2D eigenvalue weighted by Gasteiger charge is 2.17. The highest BCUT2D eigenvalue weighted by Crippen LogP contribution is 2.18. The van der Waals surface area contributed by atoms with E-state index in [2.05, 4.69) is 47.5 Å². The van der Waals surface area contributed by atoms with Crippen molar-refractivity contribution in [3.05, 3.63) is 0 Å². The molecule has 0 spiro atoms. The van der Waals surface area contributed by atoms with Gasteiger partial charge in [-0.05, 0) is 33.6 Å². The van der Waals surface area contributed by atoms with Crippen LogP contribution < -0.4 is 15.4 Å². The molecule has 0 radical (unpaired) electrons. The normalized spacial score (nSPS) is 11.4. The predicted molar refractivity (Wildman–Crippen MR) is 77.3 cm³/mol. The third-order valence-corrected chi connectivity index (χ3v) is 2.40. The van der Waals surface area contributed by atoms with E-state index in [4.69, 9.17) is 10.5 Å². The summed E-state index contributed by atoms with van der Waals surface area (Å²) in [5, 5.41) is 0. The van der Waals surface area contributed by atoms with Gasteiger partial charge in [0.15, 0.2) is 0 Å². The van der Waals surface area contributed by atoms with Crippen molar-refractivity contribution in [2.24, 2.45) is 5.92 Å². The van der Waals surface area contributed by atoms with E-state index in [-0.39, 0.29) is 24.1 Å². The van der Waals surface area contributed by atoms with Crippen LogP contribution in [0.3, 0.4) is 0 Å². The van der Waals surface area contributed by atoms with Gasteiger partial charge in [0.05, 0.1) is 6.10 Å². The lowest BCUT2D eigenvalue weighted by Crippen LogP contribution is -2.36. The zero-order chi connectivity index (χ0) is 14.6. The molecule has 108 valence electrons. The molecule has 6 heteroatoms. The first kappa shape index (κ1) is 15.5. The first-order valence-corrected chi connectivity index (χ1v) is 6.74. The topological polar surface area (TPSA) is 77.2 Å². The molecular formula is C13H25N5O. The molecule has 2 N–H and O–H groups in total. The molecule has 0 bridgehead atoms.